The lowest BCUT2D eigenvalue weighted by Gasteiger charge is -2.33. The molecule has 1 aliphatic rings. The van der Waals surface area contributed by atoms with Gasteiger partial charge in [0.1, 0.15) is 11.8 Å². The Hall–Kier alpha value is -3.33. The van der Waals surface area contributed by atoms with Crippen LogP contribution in [0.15, 0.2) is 47.1 Å². The number of methoxy groups -OCH3 is 2. The first-order chi connectivity index (χ1) is 16.5. The molecule has 9 nitrogen and oxygen atoms in total. The minimum Gasteiger partial charge on any atom is -0.497 e. The average Bonchev–Trinajstić information content (AvgIpc) is 3.41. The molecule has 1 fully saturated rings. The van der Waals surface area contributed by atoms with E-state index in [1.54, 1.807) is 37.4 Å². The monoisotopic (exact) mass is 471 g/mol. The number of hydrogen-bond donors (Lipinski definition) is 2. The van der Waals surface area contributed by atoms with E-state index in [0.717, 1.165) is 25.7 Å². The first kappa shape index (κ1) is 25.3. The highest BCUT2D eigenvalue weighted by atomic mass is 16.5. The summed E-state index contributed by atoms with van der Waals surface area (Å²) in [5.74, 6) is -0.401. The third-order valence-electron chi connectivity index (χ3n) is 5.94. The van der Waals surface area contributed by atoms with Gasteiger partial charge in [0.25, 0.3) is 5.91 Å². The molecule has 0 spiro atoms. The lowest BCUT2D eigenvalue weighted by atomic mass is 9.94. The molecule has 3 amide bonds. The fourth-order valence-corrected chi connectivity index (χ4v) is 4.13. The Balaban J connectivity index is 1.82. The molecular weight excluding hydrogens is 438 g/mol. The molecule has 2 N–H and O–H groups in total. The molecule has 1 aromatic carbocycles. The molecule has 1 aliphatic carbocycles. The molecule has 1 heterocycles. The van der Waals surface area contributed by atoms with Crippen LogP contribution in [0.5, 0.6) is 5.75 Å². The van der Waals surface area contributed by atoms with Crippen molar-refractivity contribution in [2.75, 3.05) is 33.9 Å². The van der Waals surface area contributed by atoms with Gasteiger partial charge in [0.05, 0.1) is 26.5 Å². The van der Waals surface area contributed by atoms with Crippen LogP contribution < -0.4 is 15.4 Å². The highest BCUT2D eigenvalue weighted by Crippen LogP contribution is 2.25. The van der Waals surface area contributed by atoms with Crippen molar-refractivity contribution < 1.29 is 28.3 Å². The van der Waals surface area contributed by atoms with Gasteiger partial charge >= 0.3 is 0 Å². The van der Waals surface area contributed by atoms with Crippen LogP contribution in [0.1, 0.15) is 54.3 Å². The summed E-state index contributed by atoms with van der Waals surface area (Å²) in [7, 11) is 3.10. The van der Waals surface area contributed by atoms with Gasteiger partial charge in [-0.05, 0) is 42.7 Å². The summed E-state index contributed by atoms with van der Waals surface area (Å²) in [4.78, 5) is 40.5. The van der Waals surface area contributed by atoms with Gasteiger partial charge in [0.2, 0.25) is 11.8 Å². The predicted molar refractivity (Wildman–Crippen MR) is 125 cm³/mol. The van der Waals surface area contributed by atoms with Crippen LogP contribution in [0.3, 0.4) is 0 Å². The Morgan fingerprint density at radius 1 is 1.09 bits per heavy atom. The Bertz CT molecular complexity index is 923. The van der Waals surface area contributed by atoms with Crippen molar-refractivity contribution in [1.29, 1.82) is 0 Å². The van der Waals surface area contributed by atoms with Gasteiger partial charge in [0.15, 0.2) is 5.76 Å². The van der Waals surface area contributed by atoms with E-state index < -0.39 is 17.9 Å². The van der Waals surface area contributed by atoms with E-state index in [0.29, 0.717) is 11.3 Å². The highest BCUT2D eigenvalue weighted by Gasteiger charge is 2.33. The third kappa shape index (κ3) is 6.84. The lowest BCUT2D eigenvalue weighted by Crippen LogP contribution is -2.50. The molecule has 9 heteroatoms. The number of carbonyl (C=O) groups is 3. The van der Waals surface area contributed by atoms with Crippen LogP contribution in [0, 0.1) is 0 Å². The summed E-state index contributed by atoms with van der Waals surface area (Å²) in [5, 5.41) is 5.71. The van der Waals surface area contributed by atoms with E-state index in [-0.39, 0.29) is 37.4 Å². The number of hydrogen-bond acceptors (Lipinski definition) is 6. The zero-order chi connectivity index (χ0) is 24.3. The number of nitrogens with zero attached hydrogens (tertiary/aromatic N) is 1. The largest absolute Gasteiger partial charge is 0.497 e. The van der Waals surface area contributed by atoms with E-state index in [9.17, 15) is 14.4 Å². The first-order valence-electron chi connectivity index (χ1n) is 11.6. The van der Waals surface area contributed by atoms with E-state index in [2.05, 4.69) is 10.6 Å². The molecule has 0 unspecified atom stereocenters. The summed E-state index contributed by atoms with van der Waals surface area (Å²) in [6.45, 7) is 0.134. The zero-order valence-electron chi connectivity index (χ0n) is 19.7. The van der Waals surface area contributed by atoms with Gasteiger partial charge in [-0.1, -0.05) is 31.4 Å². The third-order valence-corrected chi connectivity index (χ3v) is 5.94. The van der Waals surface area contributed by atoms with Crippen molar-refractivity contribution in [2.45, 2.75) is 44.2 Å². The molecule has 184 valence electrons. The Kier molecular flexibility index (Phi) is 9.51. The van der Waals surface area contributed by atoms with Crippen LogP contribution in [0.2, 0.25) is 0 Å². The number of furan rings is 1. The Morgan fingerprint density at radius 2 is 1.82 bits per heavy atom. The first-order valence-corrected chi connectivity index (χ1v) is 11.6. The summed E-state index contributed by atoms with van der Waals surface area (Å²) >= 11 is 0. The van der Waals surface area contributed by atoms with Gasteiger partial charge in [-0.3, -0.25) is 14.4 Å². The molecule has 1 saturated carbocycles. The van der Waals surface area contributed by atoms with E-state index in [4.69, 9.17) is 13.9 Å². The summed E-state index contributed by atoms with van der Waals surface area (Å²) < 4.78 is 15.5. The number of benzene rings is 1. The molecule has 3 rings (SSSR count). The Labute approximate surface area is 199 Å². The van der Waals surface area contributed by atoms with Crippen molar-refractivity contribution >= 4 is 17.7 Å². The van der Waals surface area contributed by atoms with Crippen LogP contribution in [-0.4, -0.2) is 62.6 Å². The van der Waals surface area contributed by atoms with Crippen LogP contribution >= 0.6 is 0 Å². The predicted octanol–water partition coefficient (Wildman–Crippen LogP) is 2.68. The summed E-state index contributed by atoms with van der Waals surface area (Å²) in [5.41, 5.74) is 0.649. The normalized spacial score (nSPS) is 14.8. The second-order valence-electron chi connectivity index (χ2n) is 8.26. The van der Waals surface area contributed by atoms with Gasteiger partial charge in [-0.15, -0.1) is 0 Å². The standard InChI is InChI=1S/C25H33N3O6/c1-32-16-14-28(22(29)17-26-24(30)21-9-6-15-34-21)23(18-10-12-20(33-2)13-11-18)25(31)27-19-7-4-3-5-8-19/h6,9-13,15,19,23H,3-5,7-8,14,16-17H2,1-2H3,(H,26,30)(H,27,31)/t23-/m0/s1. The average molecular weight is 472 g/mol. The molecule has 0 saturated heterocycles. The molecule has 2 aromatic rings. The molecule has 1 aromatic heterocycles. The smallest absolute Gasteiger partial charge is 0.287 e. The lowest BCUT2D eigenvalue weighted by molar-refractivity contribution is -0.141. The summed E-state index contributed by atoms with van der Waals surface area (Å²) in [6.07, 6.45) is 6.55. The van der Waals surface area contributed by atoms with E-state index in [1.165, 1.54) is 30.8 Å². The number of nitrogens with one attached hydrogen (secondary N) is 2. The number of ether oxygens (including phenoxy) is 2. The van der Waals surface area contributed by atoms with Crippen molar-refractivity contribution in [3.8, 4) is 5.75 Å². The number of carbonyl (C=O) groups excluding carboxylic acids is 3. The summed E-state index contributed by atoms with van der Waals surface area (Å²) in [6, 6.07) is 9.38. The maximum absolute atomic E-state index is 13.5. The second kappa shape index (κ2) is 12.8. The maximum atomic E-state index is 13.5. The van der Waals surface area contributed by atoms with Crippen molar-refractivity contribution in [2.24, 2.45) is 0 Å². The minimum atomic E-state index is -0.879. The second-order valence-corrected chi connectivity index (χ2v) is 8.26. The molecular formula is C25H33N3O6. The SMILES string of the molecule is COCCN(C(=O)CNC(=O)c1ccco1)[C@H](C(=O)NC1CCCCC1)c1ccc(OC)cc1. The van der Waals surface area contributed by atoms with Gasteiger partial charge in [0, 0.05) is 19.7 Å². The number of amides is 3. The molecule has 0 radical (unpaired) electrons. The van der Waals surface area contributed by atoms with Crippen molar-refractivity contribution in [3.05, 3.63) is 54.0 Å². The Morgan fingerprint density at radius 3 is 2.44 bits per heavy atom. The fraction of sp³-hybridized carbons (Fsp3) is 0.480. The zero-order valence-corrected chi connectivity index (χ0v) is 19.7. The quantitative estimate of drug-likeness (QED) is 0.521. The van der Waals surface area contributed by atoms with Gasteiger partial charge in [-0.2, -0.15) is 0 Å². The molecule has 1 atom stereocenters. The van der Waals surface area contributed by atoms with Crippen molar-refractivity contribution in [1.82, 2.24) is 15.5 Å². The van der Waals surface area contributed by atoms with E-state index >= 15 is 0 Å². The molecule has 0 aliphatic heterocycles. The van der Waals surface area contributed by atoms with Crippen LogP contribution in [0.4, 0.5) is 0 Å². The van der Waals surface area contributed by atoms with Crippen LogP contribution in [-0.2, 0) is 14.3 Å². The van der Waals surface area contributed by atoms with Crippen LogP contribution in [0.25, 0.3) is 0 Å². The minimum absolute atomic E-state index is 0.0834. The number of rotatable bonds is 11. The molecule has 0 bridgehead atoms. The maximum Gasteiger partial charge on any atom is 0.287 e. The molecule has 34 heavy (non-hydrogen) atoms. The topological polar surface area (TPSA) is 110 Å². The van der Waals surface area contributed by atoms with Gasteiger partial charge < -0.3 is 29.4 Å². The highest BCUT2D eigenvalue weighted by molar-refractivity contribution is 5.95. The van der Waals surface area contributed by atoms with Crippen molar-refractivity contribution in [3.63, 3.8) is 0 Å². The fourth-order valence-electron chi connectivity index (χ4n) is 4.13. The van der Waals surface area contributed by atoms with E-state index in [1.807, 2.05) is 0 Å². The van der Waals surface area contributed by atoms with Gasteiger partial charge in [-0.25, -0.2) is 0 Å².